The van der Waals surface area contributed by atoms with Gasteiger partial charge < -0.3 is 9.64 Å². The molecule has 3 aromatic rings. The fourth-order valence-electron chi connectivity index (χ4n) is 4.02. The summed E-state index contributed by atoms with van der Waals surface area (Å²) >= 11 is 0. The Kier molecular flexibility index (Phi) is 4.60. The molecule has 0 bridgehead atoms. The van der Waals surface area contributed by atoms with E-state index in [4.69, 9.17) is 4.74 Å². The summed E-state index contributed by atoms with van der Waals surface area (Å²) < 4.78 is 7.47. The maximum absolute atomic E-state index is 13.4. The number of pyridine rings is 1. The molecule has 1 aromatic carbocycles. The molecule has 1 amide bonds. The van der Waals surface area contributed by atoms with Crippen molar-refractivity contribution in [1.82, 2.24) is 14.3 Å². The van der Waals surface area contributed by atoms with Crippen molar-refractivity contribution in [2.24, 2.45) is 0 Å². The number of fused-ring (bicyclic) bond motifs is 1. The van der Waals surface area contributed by atoms with E-state index in [1.165, 1.54) is 0 Å². The van der Waals surface area contributed by atoms with Gasteiger partial charge in [-0.15, -0.1) is 0 Å². The standard InChI is InChI=1S/C22H25N3O2/c1-4-27-18-11-9-17(10-12-18)19-8-6-13-24(19)22(26)20-16(3)23-21-15(2)7-5-14-25(20)21/h5,7,9-12,14,19H,4,6,8,13H2,1-3H3/t19-/m1/s1. The lowest BCUT2D eigenvalue weighted by atomic mass is 10.0. The van der Waals surface area contributed by atoms with Crippen LogP contribution >= 0.6 is 0 Å². The molecule has 0 aliphatic carbocycles. The van der Waals surface area contributed by atoms with Crippen molar-refractivity contribution in [2.45, 2.75) is 39.7 Å². The molecule has 1 saturated heterocycles. The van der Waals surface area contributed by atoms with Gasteiger partial charge in [0.1, 0.15) is 17.1 Å². The zero-order chi connectivity index (χ0) is 19.0. The Bertz CT molecular complexity index is 975. The fraction of sp³-hybridized carbons (Fsp3) is 0.364. The highest BCUT2D eigenvalue weighted by Gasteiger charge is 2.33. The van der Waals surface area contributed by atoms with Crippen LogP contribution in [0.2, 0.25) is 0 Å². The number of ether oxygens (including phenoxy) is 1. The Balaban J connectivity index is 1.67. The van der Waals surface area contributed by atoms with E-state index in [1.807, 2.05) is 60.5 Å². The number of aromatic nitrogens is 2. The number of rotatable bonds is 4. The normalized spacial score (nSPS) is 16.9. The third kappa shape index (κ3) is 3.07. The molecule has 5 heteroatoms. The zero-order valence-electron chi connectivity index (χ0n) is 16.1. The summed E-state index contributed by atoms with van der Waals surface area (Å²) in [5, 5.41) is 0. The lowest BCUT2D eigenvalue weighted by Gasteiger charge is -2.25. The molecule has 0 spiro atoms. The Morgan fingerprint density at radius 1 is 1.22 bits per heavy atom. The summed E-state index contributed by atoms with van der Waals surface area (Å²) in [7, 11) is 0. The topological polar surface area (TPSA) is 46.8 Å². The van der Waals surface area contributed by atoms with Crippen molar-refractivity contribution in [3.8, 4) is 5.75 Å². The number of amides is 1. The second-order valence-electron chi connectivity index (χ2n) is 7.09. The molecule has 0 radical (unpaired) electrons. The summed E-state index contributed by atoms with van der Waals surface area (Å²) in [6, 6.07) is 12.2. The second-order valence-corrected chi connectivity index (χ2v) is 7.09. The SMILES string of the molecule is CCOc1ccc([C@H]2CCCN2C(=O)c2c(C)nc3c(C)cccn23)cc1. The molecule has 1 aliphatic rings. The summed E-state index contributed by atoms with van der Waals surface area (Å²) in [6.45, 7) is 7.34. The van der Waals surface area contributed by atoms with Gasteiger partial charge >= 0.3 is 0 Å². The van der Waals surface area contributed by atoms with E-state index < -0.39 is 0 Å². The molecule has 1 aliphatic heterocycles. The van der Waals surface area contributed by atoms with Crippen LogP contribution in [-0.4, -0.2) is 33.3 Å². The highest BCUT2D eigenvalue weighted by Crippen LogP contribution is 2.34. The molecule has 5 nitrogen and oxygen atoms in total. The molecule has 0 unspecified atom stereocenters. The molecule has 0 saturated carbocycles. The van der Waals surface area contributed by atoms with Gasteiger partial charge in [0.2, 0.25) is 0 Å². The predicted octanol–water partition coefficient (Wildman–Crippen LogP) is 4.33. The van der Waals surface area contributed by atoms with Gasteiger partial charge in [-0.3, -0.25) is 9.20 Å². The molecule has 27 heavy (non-hydrogen) atoms. The van der Waals surface area contributed by atoms with E-state index in [0.29, 0.717) is 12.3 Å². The predicted molar refractivity (Wildman–Crippen MR) is 105 cm³/mol. The third-order valence-electron chi connectivity index (χ3n) is 5.31. The molecule has 3 heterocycles. The maximum atomic E-state index is 13.4. The average Bonchev–Trinajstić information content (AvgIpc) is 3.27. The number of hydrogen-bond acceptors (Lipinski definition) is 3. The van der Waals surface area contributed by atoms with E-state index >= 15 is 0 Å². The molecular formula is C22H25N3O2. The number of hydrogen-bond donors (Lipinski definition) is 0. The molecule has 4 rings (SSSR count). The van der Waals surface area contributed by atoms with Gasteiger partial charge in [0.15, 0.2) is 0 Å². The number of carbonyl (C=O) groups excluding carboxylic acids is 1. The largest absolute Gasteiger partial charge is 0.494 e. The van der Waals surface area contributed by atoms with E-state index in [1.54, 1.807) is 0 Å². The van der Waals surface area contributed by atoms with Crippen LogP contribution in [0, 0.1) is 13.8 Å². The Labute approximate surface area is 159 Å². The maximum Gasteiger partial charge on any atom is 0.273 e. The van der Waals surface area contributed by atoms with Crippen LogP contribution in [0.15, 0.2) is 42.6 Å². The summed E-state index contributed by atoms with van der Waals surface area (Å²) in [5.74, 6) is 0.923. The second kappa shape index (κ2) is 7.06. The highest BCUT2D eigenvalue weighted by atomic mass is 16.5. The molecule has 140 valence electrons. The van der Waals surface area contributed by atoms with Gasteiger partial charge in [0.25, 0.3) is 5.91 Å². The minimum atomic E-state index is 0.0574. The number of nitrogens with zero attached hydrogens (tertiary/aromatic N) is 3. The first-order valence-electron chi connectivity index (χ1n) is 9.58. The van der Waals surface area contributed by atoms with Gasteiger partial charge in [-0.25, -0.2) is 4.98 Å². The monoisotopic (exact) mass is 363 g/mol. The average molecular weight is 363 g/mol. The number of carbonyl (C=O) groups is 1. The number of benzene rings is 1. The van der Waals surface area contributed by atoms with E-state index in [-0.39, 0.29) is 11.9 Å². The minimum Gasteiger partial charge on any atom is -0.494 e. The fourth-order valence-corrected chi connectivity index (χ4v) is 4.02. The van der Waals surface area contributed by atoms with Crippen LogP contribution in [-0.2, 0) is 0 Å². The molecule has 2 aromatic heterocycles. The Hall–Kier alpha value is -2.82. The van der Waals surface area contributed by atoms with Crippen LogP contribution in [0.4, 0.5) is 0 Å². The minimum absolute atomic E-state index is 0.0574. The van der Waals surface area contributed by atoms with Crippen LogP contribution in [0.25, 0.3) is 5.65 Å². The highest BCUT2D eigenvalue weighted by molar-refractivity contribution is 5.95. The van der Waals surface area contributed by atoms with Gasteiger partial charge in [0, 0.05) is 12.7 Å². The van der Waals surface area contributed by atoms with E-state index in [2.05, 4.69) is 17.1 Å². The van der Waals surface area contributed by atoms with Crippen molar-refractivity contribution in [3.63, 3.8) is 0 Å². The van der Waals surface area contributed by atoms with Gasteiger partial charge in [0.05, 0.1) is 18.3 Å². The van der Waals surface area contributed by atoms with E-state index in [9.17, 15) is 4.79 Å². The summed E-state index contributed by atoms with van der Waals surface area (Å²) in [6.07, 6.45) is 3.92. The van der Waals surface area contributed by atoms with Crippen molar-refractivity contribution in [3.05, 3.63) is 65.1 Å². The van der Waals surface area contributed by atoms with Crippen LogP contribution in [0.5, 0.6) is 5.75 Å². The first kappa shape index (κ1) is 17.6. The van der Waals surface area contributed by atoms with Gasteiger partial charge in [-0.05, 0) is 62.9 Å². The summed E-state index contributed by atoms with van der Waals surface area (Å²) in [4.78, 5) is 20.1. The van der Waals surface area contributed by atoms with Gasteiger partial charge in [-0.2, -0.15) is 0 Å². The number of aryl methyl sites for hydroxylation is 2. The number of imidazole rings is 1. The molecular weight excluding hydrogens is 338 g/mol. The molecule has 1 atom stereocenters. The van der Waals surface area contributed by atoms with Crippen molar-refractivity contribution < 1.29 is 9.53 Å². The first-order valence-corrected chi connectivity index (χ1v) is 9.58. The summed E-state index contributed by atoms with van der Waals surface area (Å²) in [5.41, 5.74) is 4.55. The zero-order valence-corrected chi connectivity index (χ0v) is 16.1. The van der Waals surface area contributed by atoms with E-state index in [0.717, 1.165) is 47.6 Å². The van der Waals surface area contributed by atoms with Crippen molar-refractivity contribution in [1.29, 1.82) is 0 Å². The molecule has 0 N–H and O–H groups in total. The van der Waals surface area contributed by atoms with Crippen LogP contribution in [0.1, 0.15) is 53.1 Å². The lowest BCUT2D eigenvalue weighted by Crippen LogP contribution is -2.32. The molecule has 1 fully saturated rings. The Morgan fingerprint density at radius 2 is 2.00 bits per heavy atom. The quantitative estimate of drug-likeness (QED) is 0.693. The van der Waals surface area contributed by atoms with Crippen LogP contribution in [0.3, 0.4) is 0 Å². The first-order chi connectivity index (χ1) is 13.1. The smallest absolute Gasteiger partial charge is 0.273 e. The van der Waals surface area contributed by atoms with Crippen LogP contribution < -0.4 is 4.74 Å². The van der Waals surface area contributed by atoms with Crippen molar-refractivity contribution >= 4 is 11.6 Å². The van der Waals surface area contributed by atoms with Crippen molar-refractivity contribution in [2.75, 3.05) is 13.2 Å². The Morgan fingerprint density at radius 3 is 2.74 bits per heavy atom. The number of likely N-dealkylation sites (tertiary alicyclic amines) is 1. The lowest BCUT2D eigenvalue weighted by molar-refractivity contribution is 0.0728. The van der Waals surface area contributed by atoms with Gasteiger partial charge in [-0.1, -0.05) is 18.2 Å². The third-order valence-corrected chi connectivity index (χ3v) is 5.31.